The first-order chi connectivity index (χ1) is 9.44. The van der Waals surface area contributed by atoms with E-state index >= 15 is 0 Å². The molecule has 1 N–H and O–H groups in total. The lowest BCUT2D eigenvalue weighted by atomic mass is 10.2. The molecular weight excluding hydrogens is 258 g/mol. The first kappa shape index (κ1) is 14.7. The van der Waals surface area contributed by atoms with Crippen LogP contribution in [0, 0.1) is 0 Å². The molecule has 0 radical (unpaired) electrons. The first-order valence-electron chi connectivity index (χ1n) is 6.74. The second kappa shape index (κ2) is 6.13. The number of carbonyl (C=O) groups is 1. The van der Waals surface area contributed by atoms with Gasteiger partial charge in [0.05, 0.1) is 13.2 Å². The molecule has 0 aromatic heterocycles. The number of epoxide rings is 1. The quantitative estimate of drug-likeness (QED) is 0.841. The summed E-state index contributed by atoms with van der Waals surface area (Å²) in [4.78, 5) is 11.6. The number of benzene rings is 1. The highest BCUT2D eigenvalue weighted by Crippen LogP contribution is 2.20. The predicted octanol–water partition coefficient (Wildman–Crippen LogP) is 2.36. The van der Waals surface area contributed by atoms with Crippen molar-refractivity contribution in [2.24, 2.45) is 0 Å². The number of nitrogens with one attached hydrogen (secondary N) is 1. The number of amides is 1. The number of rotatable bonds is 5. The molecule has 0 bridgehead atoms. The Balaban J connectivity index is 1.83. The van der Waals surface area contributed by atoms with Gasteiger partial charge >= 0.3 is 6.09 Å². The zero-order chi connectivity index (χ0) is 14.6. The molecule has 2 rings (SSSR count). The molecule has 5 nitrogen and oxygen atoms in total. The van der Waals surface area contributed by atoms with Crippen molar-refractivity contribution in [2.75, 3.05) is 13.2 Å². The lowest BCUT2D eigenvalue weighted by Crippen LogP contribution is -2.41. The monoisotopic (exact) mass is 279 g/mol. The highest BCUT2D eigenvalue weighted by molar-refractivity contribution is 5.67. The molecule has 2 unspecified atom stereocenters. The third-order valence-corrected chi connectivity index (χ3v) is 2.65. The second-order valence-corrected chi connectivity index (χ2v) is 5.72. The number of hydrogen-bond donors (Lipinski definition) is 1. The van der Waals surface area contributed by atoms with Crippen molar-refractivity contribution >= 4 is 6.09 Å². The molecule has 5 heteroatoms. The Morgan fingerprint density at radius 2 is 2.05 bits per heavy atom. The number of para-hydroxylation sites is 1. The SMILES string of the molecule is CC(C)(C)OC(=O)NCC(Oc1ccccc1)C1CO1. The van der Waals surface area contributed by atoms with Gasteiger partial charge < -0.3 is 19.5 Å². The third-order valence-electron chi connectivity index (χ3n) is 2.65. The molecule has 0 spiro atoms. The van der Waals surface area contributed by atoms with Gasteiger partial charge in [0.25, 0.3) is 0 Å². The van der Waals surface area contributed by atoms with E-state index in [4.69, 9.17) is 14.2 Å². The van der Waals surface area contributed by atoms with Crippen LogP contribution in [-0.2, 0) is 9.47 Å². The van der Waals surface area contributed by atoms with E-state index in [1.807, 2.05) is 51.1 Å². The van der Waals surface area contributed by atoms with Crippen molar-refractivity contribution in [3.63, 3.8) is 0 Å². The maximum atomic E-state index is 11.6. The minimum Gasteiger partial charge on any atom is -0.486 e. The molecule has 110 valence electrons. The van der Waals surface area contributed by atoms with E-state index in [1.165, 1.54) is 0 Å². The Morgan fingerprint density at radius 3 is 2.60 bits per heavy atom. The summed E-state index contributed by atoms with van der Waals surface area (Å²) in [5, 5.41) is 2.71. The lowest BCUT2D eigenvalue weighted by Gasteiger charge is -2.22. The second-order valence-electron chi connectivity index (χ2n) is 5.72. The van der Waals surface area contributed by atoms with E-state index in [-0.39, 0.29) is 12.2 Å². The molecule has 1 heterocycles. The molecule has 20 heavy (non-hydrogen) atoms. The highest BCUT2D eigenvalue weighted by atomic mass is 16.6. The van der Waals surface area contributed by atoms with Gasteiger partial charge in [-0.05, 0) is 32.9 Å². The normalized spacial score (nSPS) is 19.1. The van der Waals surface area contributed by atoms with Crippen LogP contribution >= 0.6 is 0 Å². The highest BCUT2D eigenvalue weighted by Gasteiger charge is 2.35. The van der Waals surface area contributed by atoms with Crippen molar-refractivity contribution in [1.82, 2.24) is 5.32 Å². The fraction of sp³-hybridized carbons (Fsp3) is 0.533. The van der Waals surface area contributed by atoms with E-state index in [2.05, 4.69) is 5.32 Å². The zero-order valence-corrected chi connectivity index (χ0v) is 12.1. The first-order valence-corrected chi connectivity index (χ1v) is 6.74. The van der Waals surface area contributed by atoms with E-state index in [1.54, 1.807) is 0 Å². The summed E-state index contributed by atoms with van der Waals surface area (Å²) < 4.78 is 16.3. The average molecular weight is 279 g/mol. The van der Waals surface area contributed by atoms with Gasteiger partial charge in [0, 0.05) is 0 Å². The topological polar surface area (TPSA) is 60.1 Å². The van der Waals surface area contributed by atoms with Gasteiger partial charge in [-0.2, -0.15) is 0 Å². The minimum atomic E-state index is -0.504. The standard InChI is InChI=1S/C15H21NO4/c1-15(2,3)20-14(17)16-9-12(13-10-18-13)19-11-7-5-4-6-8-11/h4-8,12-13H,9-10H2,1-3H3,(H,16,17). The van der Waals surface area contributed by atoms with Crippen LogP contribution in [0.5, 0.6) is 5.75 Å². The van der Waals surface area contributed by atoms with Crippen LogP contribution in [-0.4, -0.2) is 37.1 Å². The molecule has 1 saturated heterocycles. The Hall–Kier alpha value is -1.75. The van der Waals surface area contributed by atoms with Gasteiger partial charge in [0.15, 0.2) is 0 Å². The van der Waals surface area contributed by atoms with Crippen LogP contribution in [0.1, 0.15) is 20.8 Å². The lowest BCUT2D eigenvalue weighted by molar-refractivity contribution is 0.0492. The summed E-state index contributed by atoms with van der Waals surface area (Å²) in [6.07, 6.45) is -0.616. The number of hydrogen-bond acceptors (Lipinski definition) is 4. The number of alkyl carbamates (subject to hydrolysis) is 1. The zero-order valence-electron chi connectivity index (χ0n) is 12.1. The molecule has 2 atom stereocenters. The van der Waals surface area contributed by atoms with Crippen LogP contribution < -0.4 is 10.1 Å². The van der Waals surface area contributed by atoms with Crippen molar-refractivity contribution in [2.45, 2.75) is 38.6 Å². The predicted molar refractivity (Wildman–Crippen MR) is 74.8 cm³/mol. The van der Waals surface area contributed by atoms with Gasteiger partial charge in [-0.1, -0.05) is 18.2 Å². The molecule has 0 saturated carbocycles. The minimum absolute atomic E-state index is 0.0325. The van der Waals surface area contributed by atoms with E-state index < -0.39 is 11.7 Å². The summed E-state index contributed by atoms with van der Waals surface area (Å²) >= 11 is 0. The Morgan fingerprint density at radius 1 is 1.40 bits per heavy atom. The summed E-state index contributed by atoms with van der Waals surface area (Å²) in [5.74, 6) is 0.763. The van der Waals surface area contributed by atoms with E-state index in [0.717, 1.165) is 5.75 Å². The van der Waals surface area contributed by atoms with Crippen molar-refractivity contribution in [3.05, 3.63) is 30.3 Å². The van der Waals surface area contributed by atoms with Gasteiger partial charge in [0.1, 0.15) is 23.6 Å². The fourth-order valence-electron chi connectivity index (χ4n) is 1.69. The van der Waals surface area contributed by atoms with Gasteiger partial charge in [-0.25, -0.2) is 4.79 Å². The molecule has 1 aromatic rings. The molecular formula is C15H21NO4. The van der Waals surface area contributed by atoms with Crippen LogP contribution in [0.15, 0.2) is 30.3 Å². The summed E-state index contributed by atoms with van der Waals surface area (Å²) in [7, 11) is 0. The molecule has 0 aliphatic carbocycles. The largest absolute Gasteiger partial charge is 0.486 e. The van der Waals surface area contributed by atoms with Gasteiger partial charge in [0.2, 0.25) is 0 Å². The summed E-state index contributed by atoms with van der Waals surface area (Å²) in [6, 6.07) is 9.49. The molecule has 1 aliphatic heterocycles. The molecule has 1 amide bonds. The average Bonchev–Trinajstić information content (AvgIpc) is 3.18. The smallest absolute Gasteiger partial charge is 0.407 e. The molecule has 1 fully saturated rings. The Labute approximate surface area is 119 Å². The van der Waals surface area contributed by atoms with Crippen LogP contribution in [0.4, 0.5) is 4.79 Å². The van der Waals surface area contributed by atoms with Crippen LogP contribution in [0.3, 0.4) is 0 Å². The van der Waals surface area contributed by atoms with Crippen LogP contribution in [0.2, 0.25) is 0 Å². The van der Waals surface area contributed by atoms with Crippen molar-refractivity contribution in [3.8, 4) is 5.75 Å². The summed E-state index contributed by atoms with van der Waals surface area (Å²) in [5.41, 5.74) is -0.504. The van der Waals surface area contributed by atoms with E-state index in [0.29, 0.717) is 13.2 Å². The molecule has 1 aromatic carbocycles. The maximum Gasteiger partial charge on any atom is 0.407 e. The third kappa shape index (κ3) is 5.09. The molecule has 1 aliphatic rings. The summed E-state index contributed by atoms with van der Waals surface area (Å²) in [6.45, 7) is 6.50. The fourth-order valence-corrected chi connectivity index (χ4v) is 1.69. The van der Waals surface area contributed by atoms with Crippen molar-refractivity contribution < 1.29 is 19.0 Å². The van der Waals surface area contributed by atoms with Gasteiger partial charge in [-0.15, -0.1) is 0 Å². The van der Waals surface area contributed by atoms with E-state index in [9.17, 15) is 4.79 Å². The Bertz CT molecular complexity index is 437. The number of carbonyl (C=O) groups excluding carboxylic acids is 1. The van der Waals surface area contributed by atoms with Crippen molar-refractivity contribution in [1.29, 1.82) is 0 Å². The number of ether oxygens (including phenoxy) is 3. The maximum absolute atomic E-state index is 11.6. The van der Waals surface area contributed by atoms with Gasteiger partial charge in [-0.3, -0.25) is 0 Å². The van der Waals surface area contributed by atoms with Crippen LogP contribution in [0.25, 0.3) is 0 Å². The Kier molecular flexibility index (Phi) is 4.49.